The van der Waals surface area contributed by atoms with Gasteiger partial charge in [0.15, 0.2) is 0 Å². The summed E-state index contributed by atoms with van der Waals surface area (Å²) in [6.07, 6.45) is 0. The van der Waals surface area contributed by atoms with Crippen LogP contribution in [-0.2, 0) is 4.79 Å². The summed E-state index contributed by atoms with van der Waals surface area (Å²) in [5.41, 5.74) is 6.83. The molecule has 132 valence electrons. The van der Waals surface area contributed by atoms with Crippen molar-refractivity contribution in [1.82, 2.24) is 0 Å². The van der Waals surface area contributed by atoms with Crippen molar-refractivity contribution in [2.75, 3.05) is 0 Å². The molecule has 0 aliphatic rings. The van der Waals surface area contributed by atoms with Crippen LogP contribution in [0.2, 0.25) is 0 Å². The maximum atomic E-state index is 11.0. The average Bonchev–Trinajstić information content (AvgIpc) is 2.36. The Kier molecular flexibility index (Phi) is 13.8. The molecule has 9 nitrogen and oxygen atoms in total. The lowest BCUT2D eigenvalue weighted by atomic mass is 9.97. The van der Waals surface area contributed by atoms with Gasteiger partial charge in [-0.25, -0.2) is 0 Å². The number of fused-ring (bicyclic) bond motifs is 1. The summed E-state index contributed by atoms with van der Waals surface area (Å²) < 4.78 is 0. The van der Waals surface area contributed by atoms with E-state index in [1.165, 1.54) is 0 Å². The molecule has 0 radical (unpaired) electrons. The minimum atomic E-state index is -0.850. The normalized spacial score (nSPS) is 9.61. The maximum absolute atomic E-state index is 11.0. The highest BCUT2D eigenvalue weighted by Crippen LogP contribution is 2.22. The molecule has 0 fully saturated rings. The topological polar surface area (TPSA) is 245 Å². The number of nitrogens with one attached hydrogen (secondary N) is 1. The Balaban J connectivity index is -0.000000361. The number of aliphatic carboxylic acids is 1. The molecule has 23 heavy (non-hydrogen) atoms. The fourth-order valence-electron chi connectivity index (χ4n) is 1.84. The first kappa shape index (κ1) is 28.6. The van der Waals surface area contributed by atoms with E-state index in [0.717, 1.165) is 16.3 Å². The molecule has 0 aliphatic heterocycles. The quantitative estimate of drug-likeness (QED) is 0.434. The average molecular weight is 332 g/mol. The number of hydrogen-bond acceptors (Lipinski definition) is 2. The van der Waals surface area contributed by atoms with Crippen molar-refractivity contribution >= 4 is 22.6 Å². The van der Waals surface area contributed by atoms with E-state index in [1.807, 2.05) is 24.3 Å². The first-order chi connectivity index (χ1) is 8.49. The molecule has 0 heterocycles. The van der Waals surface area contributed by atoms with Crippen molar-refractivity contribution in [3.05, 3.63) is 47.5 Å². The van der Waals surface area contributed by atoms with Crippen LogP contribution in [0.15, 0.2) is 36.4 Å². The van der Waals surface area contributed by atoms with E-state index in [2.05, 4.69) is 0 Å². The van der Waals surface area contributed by atoms with E-state index < -0.39 is 11.9 Å². The second-order valence-corrected chi connectivity index (χ2v) is 4.29. The van der Waals surface area contributed by atoms with E-state index in [9.17, 15) is 4.79 Å². The van der Waals surface area contributed by atoms with Gasteiger partial charge in [0.1, 0.15) is 5.84 Å². The zero-order valence-corrected chi connectivity index (χ0v) is 12.5. The zero-order chi connectivity index (χ0) is 13.3. The molecule has 1 atom stereocenters. The van der Waals surface area contributed by atoms with Crippen LogP contribution in [0.5, 0.6) is 0 Å². The summed E-state index contributed by atoms with van der Waals surface area (Å²) >= 11 is 0. The third-order valence-corrected chi connectivity index (χ3v) is 3.05. The maximum Gasteiger partial charge on any atom is 0.310 e. The molecule has 0 bridgehead atoms. The van der Waals surface area contributed by atoms with Crippen molar-refractivity contribution < 1.29 is 37.3 Å². The number of carboxylic acid groups (broad SMARTS) is 1. The van der Waals surface area contributed by atoms with Crippen molar-refractivity contribution in [1.29, 1.82) is 5.41 Å². The number of carbonyl (C=O) groups is 1. The first-order valence-corrected chi connectivity index (χ1v) is 5.60. The molecule has 0 saturated carbocycles. The van der Waals surface area contributed by atoms with Crippen LogP contribution in [0.1, 0.15) is 24.0 Å². The predicted molar refractivity (Wildman–Crippen MR) is 89.1 cm³/mol. The molecule has 0 amide bonds. The third kappa shape index (κ3) is 5.98. The summed E-state index contributed by atoms with van der Waals surface area (Å²) in [4.78, 5) is 11.0. The van der Waals surface area contributed by atoms with E-state index in [4.69, 9.17) is 16.2 Å². The van der Waals surface area contributed by atoms with Crippen LogP contribution < -0.4 is 5.73 Å². The molecular formula is C14H24N2O7. The van der Waals surface area contributed by atoms with Crippen molar-refractivity contribution in [3.63, 3.8) is 0 Å². The summed E-state index contributed by atoms with van der Waals surface area (Å²) in [7, 11) is 0. The van der Waals surface area contributed by atoms with E-state index in [1.54, 1.807) is 19.1 Å². The summed E-state index contributed by atoms with van der Waals surface area (Å²) in [5.74, 6) is -1.39. The minimum Gasteiger partial charge on any atom is -0.481 e. The van der Waals surface area contributed by atoms with E-state index >= 15 is 0 Å². The van der Waals surface area contributed by atoms with Gasteiger partial charge in [0.2, 0.25) is 0 Å². The highest BCUT2D eigenvalue weighted by atomic mass is 16.4. The number of amidine groups is 1. The van der Waals surface area contributed by atoms with Gasteiger partial charge < -0.3 is 38.2 Å². The molecule has 0 aliphatic carbocycles. The Labute approximate surface area is 132 Å². The van der Waals surface area contributed by atoms with E-state index in [0.29, 0.717) is 5.56 Å². The number of nitrogens with two attached hydrogens (primary N) is 1. The standard InChI is InChI=1S/C14H14N2O2.5H2O/c1-8(14(17)18)10-4-2-9-3-5-11(13(15)16)7-12(9)6-10;;;;;/h2-8H,1H3,(H3,15,16)(H,17,18);5*1H2. The first-order valence-electron chi connectivity index (χ1n) is 5.60. The van der Waals surface area contributed by atoms with Crippen LogP contribution in [0.25, 0.3) is 10.8 Å². The van der Waals surface area contributed by atoms with Gasteiger partial charge in [-0.05, 0) is 29.3 Å². The monoisotopic (exact) mass is 332 g/mol. The Morgan fingerprint density at radius 3 is 2.00 bits per heavy atom. The lowest BCUT2D eigenvalue weighted by Crippen LogP contribution is -2.10. The van der Waals surface area contributed by atoms with Crippen LogP contribution >= 0.6 is 0 Å². The molecule has 9 heteroatoms. The second-order valence-electron chi connectivity index (χ2n) is 4.29. The van der Waals surface area contributed by atoms with Crippen LogP contribution in [0, 0.1) is 5.41 Å². The van der Waals surface area contributed by atoms with Gasteiger partial charge >= 0.3 is 5.97 Å². The number of rotatable bonds is 3. The molecule has 2 aromatic rings. The molecule has 2 rings (SSSR count). The fraction of sp³-hybridized carbons (Fsp3) is 0.143. The van der Waals surface area contributed by atoms with Gasteiger partial charge in [-0.2, -0.15) is 0 Å². The van der Waals surface area contributed by atoms with Crippen molar-refractivity contribution in [3.8, 4) is 0 Å². The third-order valence-electron chi connectivity index (χ3n) is 3.05. The Hall–Kier alpha value is -2.56. The predicted octanol–water partition coefficient (Wildman–Crippen LogP) is -1.81. The van der Waals surface area contributed by atoms with Crippen molar-refractivity contribution in [2.45, 2.75) is 12.8 Å². The number of carboxylic acids is 1. The molecular weight excluding hydrogens is 308 g/mol. The molecule has 0 aromatic heterocycles. The zero-order valence-electron chi connectivity index (χ0n) is 12.5. The number of nitrogen functional groups attached to an aromatic ring is 1. The van der Waals surface area contributed by atoms with Crippen LogP contribution in [-0.4, -0.2) is 44.3 Å². The molecule has 1 unspecified atom stereocenters. The molecule has 0 spiro atoms. The summed E-state index contributed by atoms with van der Waals surface area (Å²) in [6.45, 7) is 1.65. The highest BCUT2D eigenvalue weighted by Gasteiger charge is 2.13. The van der Waals surface area contributed by atoms with Crippen LogP contribution in [0.4, 0.5) is 0 Å². The van der Waals surface area contributed by atoms with Gasteiger partial charge in [-0.15, -0.1) is 0 Å². The smallest absolute Gasteiger partial charge is 0.310 e. The van der Waals surface area contributed by atoms with Crippen LogP contribution in [0.3, 0.4) is 0 Å². The van der Waals surface area contributed by atoms with Crippen molar-refractivity contribution in [2.24, 2.45) is 5.73 Å². The summed E-state index contributed by atoms with van der Waals surface area (Å²) in [5, 5.41) is 18.3. The highest BCUT2D eigenvalue weighted by molar-refractivity contribution is 5.99. The molecule has 2 aromatic carbocycles. The summed E-state index contributed by atoms with van der Waals surface area (Å²) in [6, 6.07) is 11.0. The lowest BCUT2D eigenvalue weighted by Gasteiger charge is -2.08. The molecule has 14 N–H and O–H groups in total. The van der Waals surface area contributed by atoms with Gasteiger partial charge in [-0.3, -0.25) is 10.2 Å². The van der Waals surface area contributed by atoms with Gasteiger partial charge in [0.25, 0.3) is 0 Å². The Morgan fingerprint density at radius 2 is 1.52 bits per heavy atom. The SMILES string of the molecule is CC(C(=O)O)c1ccc2ccc(C(=N)N)cc2c1.O.O.O.O.O. The fourth-order valence-corrected chi connectivity index (χ4v) is 1.84. The van der Waals surface area contributed by atoms with Gasteiger partial charge in [0, 0.05) is 5.56 Å². The Morgan fingerprint density at radius 1 is 1.00 bits per heavy atom. The van der Waals surface area contributed by atoms with Gasteiger partial charge in [0.05, 0.1) is 5.92 Å². The lowest BCUT2D eigenvalue weighted by molar-refractivity contribution is -0.138. The molecule has 0 saturated heterocycles. The minimum absolute atomic E-state index is 0. The number of hydrogen-bond donors (Lipinski definition) is 3. The number of benzene rings is 2. The second kappa shape index (κ2) is 11.1. The largest absolute Gasteiger partial charge is 0.481 e. The van der Waals surface area contributed by atoms with E-state index in [-0.39, 0.29) is 33.2 Å². The van der Waals surface area contributed by atoms with Gasteiger partial charge in [-0.1, -0.05) is 30.3 Å². The Bertz CT molecular complexity index is 646.